The van der Waals surface area contributed by atoms with Crippen molar-refractivity contribution in [2.75, 3.05) is 13.7 Å². The molecule has 2 aliphatic rings. The van der Waals surface area contributed by atoms with Crippen molar-refractivity contribution in [3.05, 3.63) is 34.2 Å². The Morgan fingerprint density at radius 1 is 1.31 bits per heavy atom. The van der Waals surface area contributed by atoms with Crippen LogP contribution in [-0.4, -0.2) is 46.6 Å². The molecule has 1 saturated carbocycles. The Morgan fingerprint density at radius 2 is 2.08 bits per heavy atom. The first kappa shape index (κ1) is 17.3. The number of aryl methyl sites for hydroxylation is 1. The summed E-state index contributed by atoms with van der Waals surface area (Å²) in [5, 5.41) is 0. The van der Waals surface area contributed by atoms with Crippen LogP contribution in [0.15, 0.2) is 23.0 Å². The minimum absolute atomic E-state index is 0.0385. The molecule has 1 aliphatic carbocycles. The van der Waals surface area contributed by atoms with Gasteiger partial charge in [0.05, 0.1) is 17.1 Å². The van der Waals surface area contributed by atoms with E-state index in [-0.39, 0.29) is 23.1 Å². The lowest BCUT2D eigenvalue weighted by Gasteiger charge is -2.57. The van der Waals surface area contributed by atoms with Gasteiger partial charge in [-0.3, -0.25) is 4.79 Å². The maximum atomic E-state index is 12.7. The molecule has 0 unspecified atom stereocenters. The summed E-state index contributed by atoms with van der Waals surface area (Å²) in [5.41, 5.74) is 2.62. The number of H-pyrrole nitrogens is 2. The molecule has 140 valence electrons. The normalized spacial score (nSPS) is 26.5. The minimum Gasteiger partial charge on any atom is -0.377 e. The van der Waals surface area contributed by atoms with Crippen molar-refractivity contribution in [3.63, 3.8) is 0 Å². The number of ether oxygens (including phenoxy) is 1. The van der Waals surface area contributed by atoms with E-state index in [0.717, 1.165) is 42.5 Å². The molecule has 1 aromatic carbocycles. The third-order valence-electron chi connectivity index (χ3n) is 6.29. The topological polar surface area (TPSA) is 78.2 Å². The summed E-state index contributed by atoms with van der Waals surface area (Å²) in [6.07, 6.45) is 3.54. The predicted octanol–water partition coefficient (Wildman–Crippen LogP) is 2.45. The van der Waals surface area contributed by atoms with E-state index < -0.39 is 0 Å². The monoisotopic (exact) mass is 357 g/mol. The highest BCUT2D eigenvalue weighted by molar-refractivity contribution is 5.77. The van der Waals surface area contributed by atoms with Crippen LogP contribution in [0.4, 0.5) is 0 Å². The molecule has 1 aliphatic heterocycles. The first-order valence-corrected chi connectivity index (χ1v) is 9.46. The van der Waals surface area contributed by atoms with Gasteiger partial charge in [-0.25, -0.2) is 4.79 Å². The minimum atomic E-state index is -0.189. The number of aromatic amines is 2. The van der Waals surface area contributed by atoms with Gasteiger partial charge in [-0.15, -0.1) is 0 Å². The summed E-state index contributed by atoms with van der Waals surface area (Å²) >= 11 is 0. The Hall–Kier alpha value is -2.08. The largest absolute Gasteiger partial charge is 0.377 e. The maximum absolute atomic E-state index is 12.7. The average Bonchev–Trinajstić information content (AvgIpc) is 3.18. The second-order valence-electron chi connectivity index (χ2n) is 8.33. The highest BCUT2D eigenvalue weighted by Gasteiger charge is 2.61. The van der Waals surface area contributed by atoms with Crippen molar-refractivity contribution in [2.45, 2.75) is 51.7 Å². The number of benzene rings is 1. The van der Waals surface area contributed by atoms with E-state index in [2.05, 4.69) is 23.8 Å². The fourth-order valence-corrected chi connectivity index (χ4v) is 5.09. The molecule has 1 amide bonds. The third-order valence-corrected chi connectivity index (χ3v) is 6.29. The molecule has 2 N–H and O–H groups in total. The second kappa shape index (κ2) is 6.27. The number of carbonyl (C=O) groups is 1. The van der Waals surface area contributed by atoms with E-state index in [0.29, 0.717) is 18.4 Å². The van der Waals surface area contributed by atoms with Crippen molar-refractivity contribution in [2.24, 2.45) is 11.3 Å². The van der Waals surface area contributed by atoms with Gasteiger partial charge >= 0.3 is 5.69 Å². The quantitative estimate of drug-likeness (QED) is 0.863. The predicted molar refractivity (Wildman–Crippen MR) is 100 cm³/mol. The zero-order chi connectivity index (χ0) is 18.5. The van der Waals surface area contributed by atoms with Crippen molar-refractivity contribution in [1.82, 2.24) is 14.9 Å². The number of nitrogens with zero attached hydrogens (tertiary/aromatic N) is 1. The van der Waals surface area contributed by atoms with Crippen LogP contribution in [0.25, 0.3) is 11.0 Å². The van der Waals surface area contributed by atoms with E-state index in [1.807, 2.05) is 30.1 Å². The lowest BCUT2D eigenvalue weighted by molar-refractivity contribution is -0.167. The number of imidazole rings is 1. The molecule has 0 bridgehead atoms. The Kier molecular flexibility index (Phi) is 4.18. The smallest absolute Gasteiger partial charge is 0.323 e. The van der Waals surface area contributed by atoms with Crippen LogP contribution in [-0.2, 0) is 16.0 Å². The van der Waals surface area contributed by atoms with Gasteiger partial charge in [0.2, 0.25) is 5.91 Å². The average molecular weight is 357 g/mol. The van der Waals surface area contributed by atoms with Crippen molar-refractivity contribution in [1.29, 1.82) is 0 Å². The number of nitrogens with one attached hydrogen (secondary N) is 2. The fraction of sp³-hybridized carbons (Fsp3) is 0.600. The lowest BCUT2D eigenvalue weighted by atomic mass is 9.57. The lowest BCUT2D eigenvalue weighted by Crippen LogP contribution is -2.66. The van der Waals surface area contributed by atoms with E-state index in [9.17, 15) is 9.59 Å². The number of fused-ring (bicyclic) bond motifs is 2. The van der Waals surface area contributed by atoms with Crippen LogP contribution in [0, 0.1) is 11.3 Å². The van der Waals surface area contributed by atoms with Crippen LogP contribution in [0.3, 0.4) is 0 Å². The Labute approximate surface area is 152 Å². The van der Waals surface area contributed by atoms with Gasteiger partial charge in [-0.1, -0.05) is 19.9 Å². The SMILES string of the molecule is CN(C(=O)CCCc1ccc2[nH]c(=O)[nH]c2c1)[C@@H]1[C@H]2CCO[C@@H]2C1(C)C. The molecule has 0 radical (unpaired) electrons. The van der Waals surface area contributed by atoms with Crippen molar-refractivity contribution < 1.29 is 9.53 Å². The molecular formula is C20H27N3O3. The summed E-state index contributed by atoms with van der Waals surface area (Å²) in [4.78, 5) is 31.5. The summed E-state index contributed by atoms with van der Waals surface area (Å²) in [5.74, 6) is 0.705. The van der Waals surface area contributed by atoms with Gasteiger partial charge in [-0.05, 0) is 37.0 Å². The first-order chi connectivity index (χ1) is 12.4. The summed E-state index contributed by atoms with van der Waals surface area (Å²) in [7, 11) is 1.94. The van der Waals surface area contributed by atoms with Gasteiger partial charge < -0.3 is 19.6 Å². The van der Waals surface area contributed by atoms with E-state index >= 15 is 0 Å². The summed E-state index contributed by atoms with van der Waals surface area (Å²) in [6.45, 7) is 5.24. The van der Waals surface area contributed by atoms with Gasteiger partial charge in [0.1, 0.15) is 0 Å². The zero-order valence-electron chi connectivity index (χ0n) is 15.7. The molecule has 2 aromatic rings. The molecule has 0 spiro atoms. The number of amides is 1. The van der Waals surface area contributed by atoms with Gasteiger partial charge in [-0.2, -0.15) is 0 Å². The summed E-state index contributed by atoms with van der Waals surface area (Å²) < 4.78 is 5.84. The molecule has 6 nitrogen and oxygen atoms in total. The molecular weight excluding hydrogens is 330 g/mol. The van der Waals surface area contributed by atoms with Crippen LogP contribution in [0.1, 0.15) is 38.7 Å². The molecule has 1 aromatic heterocycles. The number of rotatable bonds is 5. The van der Waals surface area contributed by atoms with Crippen molar-refractivity contribution >= 4 is 16.9 Å². The third kappa shape index (κ3) is 2.76. The number of carbonyl (C=O) groups excluding carboxylic acids is 1. The molecule has 6 heteroatoms. The molecule has 3 atom stereocenters. The molecule has 2 fully saturated rings. The van der Waals surface area contributed by atoms with E-state index in [4.69, 9.17) is 4.74 Å². The fourth-order valence-electron chi connectivity index (χ4n) is 5.09. The first-order valence-electron chi connectivity index (χ1n) is 9.46. The highest BCUT2D eigenvalue weighted by atomic mass is 16.5. The Bertz CT molecular complexity index is 882. The Balaban J connectivity index is 1.34. The number of aromatic nitrogens is 2. The summed E-state index contributed by atoms with van der Waals surface area (Å²) in [6, 6.07) is 6.18. The van der Waals surface area contributed by atoms with Crippen molar-refractivity contribution in [3.8, 4) is 0 Å². The molecule has 26 heavy (non-hydrogen) atoms. The van der Waals surface area contributed by atoms with Gasteiger partial charge in [0.25, 0.3) is 0 Å². The van der Waals surface area contributed by atoms with Gasteiger partial charge in [0.15, 0.2) is 0 Å². The van der Waals surface area contributed by atoms with Crippen LogP contribution >= 0.6 is 0 Å². The van der Waals surface area contributed by atoms with Crippen LogP contribution in [0.2, 0.25) is 0 Å². The zero-order valence-corrected chi connectivity index (χ0v) is 15.7. The van der Waals surface area contributed by atoms with Gasteiger partial charge in [0, 0.05) is 37.5 Å². The highest BCUT2D eigenvalue weighted by Crippen LogP contribution is 2.54. The second-order valence-corrected chi connectivity index (χ2v) is 8.33. The van der Waals surface area contributed by atoms with Crippen LogP contribution < -0.4 is 5.69 Å². The molecule has 4 rings (SSSR count). The maximum Gasteiger partial charge on any atom is 0.323 e. The number of hydrogen-bond donors (Lipinski definition) is 2. The number of hydrogen-bond acceptors (Lipinski definition) is 3. The molecule has 1 saturated heterocycles. The molecule has 2 heterocycles. The van der Waals surface area contributed by atoms with Crippen LogP contribution in [0.5, 0.6) is 0 Å². The van der Waals surface area contributed by atoms with E-state index in [1.54, 1.807) is 0 Å². The standard InChI is InChI=1S/C20H27N3O3/c1-20(2)17(13-9-10-26-18(13)20)23(3)16(24)6-4-5-12-7-8-14-15(11-12)22-19(25)21-14/h7-8,11,13,17-18H,4-6,9-10H2,1-3H3,(H2,21,22,25)/t13-,17-,18+/m1/s1. The van der Waals surface area contributed by atoms with E-state index in [1.165, 1.54) is 0 Å². The Morgan fingerprint density at radius 3 is 2.88 bits per heavy atom.